The molecular weight excluding hydrogens is 374 g/mol. The van der Waals surface area contributed by atoms with E-state index in [0.717, 1.165) is 5.69 Å². The summed E-state index contributed by atoms with van der Waals surface area (Å²) in [5, 5.41) is 5.63. The second-order valence-corrected chi connectivity index (χ2v) is 6.36. The monoisotopic (exact) mass is 401 g/mol. The molecule has 0 radical (unpaired) electrons. The number of hydrogen-bond donors (Lipinski definition) is 2. The van der Waals surface area contributed by atoms with Crippen LogP contribution in [0.1, 0.15) is 6.42 Å². The smallest absolute Gasteiger partial charge is 0.238 e. The number of likely N-dealkylation sites (N-methyl/N-ethyl adjacent to an activating group) is 1. The Morgan fingerprint density at radius 3 is 2.00 bits per heavy atom. The van der Waals surface area contributed by atoms with Crippen molar-refractivity contribution in [2.45, 2.75) is 6.42 Å². The van der Waals surface area contributed by atoms with Crippen LogP contribution in [0.3, 0.4) is 0 Å². The fourth-order valence-electron chi connectivity index (χ4n) is 2.72. The topological polar surface area (TPSA) is 89.1 Å². The largest absolute Gasteiger partial charge is 0.493 e. The molecule has 0 saturated carbocycles. The summed E-state index contributed by atoms with van der Waals surface area (Å²) in [6.45, 7) is 0.616. The molecule has 0 bridgehead atoms. The fourth-order valence-corrected chi connectivity index (χ4v) is 2.72. The lowest BCUT2D eigenvalue weighted by molar-refractivity contribution is -0.119. The number of anilines is 2. The molecule has 2 aromatic carbocycles. The number of carbonyl (C=O) groups is 2. The van der Waals surface area contributed by atoms with E-state index >= 15 is 0 Å². The number of hydrogen-bond acceptors (Lipinski definition) is 6. The fraction of sp³-hybridized carbons (Fsp3) is 0.333. The molecule has 2 amide bonds. The Hall–Kier alpha value is -3.26. The Morgan fingerprint density at radius 2 is 1.45 bits per heavy atom. The molecule has 2 N–H and O–H groups in total. The third-order valence-electron chi connectivity index (χ3n) is 4.14. The third-order valence-corrected chi connectivity index (χ3v) is 4.14. The molecule has 8 nitrogen and oxygen atoms in total. The van der Waals surface area contributed by atoms with Gasteiger partial charge in [-0.25, -0.2) is 0 Å². The van der Waals surface area contributed by atoms with E-state index in [0.29, 0.717) is 29.5 Å². The second kappa shape index (κ2) is 10.9. The van der Waals surface area contributed by atoms with E-state index in [1.54, 1.807) is 24.1 Å². The highest BCUT2D eigenvalue weighted by Gasteiger charge is 2.15. The standard InChI is InChI=1S/C21H27N3O5/c1-24(14-20(26)22-15-8-6-5-7-9-15)11-10-19(25)23-16-12-17(27-2)21(29-4)18(13-16)28-3/h5-9,12-13H,10-11,14H2,1-4H3,(H,22,26)(H,23,25). The molecule has 8 heteroatoms. The van der Waals surface area contributed by atoms with Crippen molar-refractivity contribution in [2.75, 3.05) is 52.1 Å². The molecule has 0 atom stereocenters. The summed E-state index contributed by atoms with van der Waals surface area (Å²) in [6, 6.07) is 12.6. The Bertz CT molecular complexity index is 801. The molecule has 0 aromatic heterocycles. The minimum absolute atomic E-state index is 0.135. The van der Waals surface area contributed by atoms with Crippen LogP contribution in [0.15, 0.2) is 42.5 Å². The van der Waals surface area contributed by atoms with Gasteiger partial charge in [0.1, 0.15) is 0 Å². The van der Waals surface area contributed by atoms with E-state index in [1.807, 2.05) is 30.3 Å². The van der Waals surface area contributed by atoms with E-state index in [9.17, 15) is 9.59 Å². The first-order valence-electron chi connectivity index (χ1n) is 9.10. The van der Waals surface area contributed by atoms with Gasteiger partial charge in [-0.15, -0.1) is 0 Å². The number of nitrogens with one attached hydrogen (secondary N) is 2. The van der Waals surface area contributed by atoms with E-state index in [-0.39, 0.29) is 24.8 Å². The highest BCUT2D eigenvalue weighted by atomic mass is 16.5. The average molecular weight is 401 g/mol. The van der Waals surface area contributed by atoms with Crippen LogP contribution in [0.25, 0.3) is 0 Å². The molecular formula is C21H27N3O5. The molecule has 156 valence electrons. The predicted octanol–water partition coefficient (Wildman–Crippen LogP) is 2.61. The molecule has 2 rings (SSSR count). The van der Waals surface area contributed by atoms with Gasteiger partial charge >= 0.3 is 0 Å². The van der Waals surface area contributed by atoms with E-state index < -0.39 is 0 Å². The minimum atomic E-state index is -0.186. The first-order valence-corrected chi connectivity index (χ1v) is 9.10. The maximum absolute atomic E-state index is 12.3. The van der Waals surface area contributed by atoms with Gasteiger partial charge in [-0.3, -0.25) is 14.5 Å². The van der Waals surface area contributed by atoms with Gasteiger partial charge < -0.3 is 24.8 Å². The molecule has 0 saturated heterocycles. The van der Waals surface area contributed by atoms with Crippen LogP contribution in [-0.2, 0) is 9.59 Å². The van der Waals surface area contributed by atoms with Gasteiger partial charge in [0.05, 0.1) is 27.9 Å². The molecule has 0 unspecified atom stereocenters. The first-order chi connectivity index (χ1) is 14.0. The zero-order valence-electron chi connectivity index (χ0n) is 17.2. The molecule has 2 aromatic rings. The van der Waals surface area contributed by atoms with E-state index in [1.165, 1.54) is 21.3 Å². The summed E-state index contributed by atoms with van der Waals surface area (Å²) in [5.41, 5.74) is 1.28. The molecule has 0 aliphatic rings. The lowest BCUT2D eigenvalue weighted by atomic mass is 10.2. The van der Waals surface area contributed by atoms with E-state index in [4.69, 9.17) is 14.2 Å². The molecule has 0 aliphatic heterocycles. The number of carbonyl (C=O) groups excluding carboxylic acids is 2. The number of nitrogens with zero attached hydrogens (tertiary/aromatic N) is 1. The zero-order chi connectivity index (χ0) is 21.2. The van der Waals surface area contributed by atoms with Crippen LogP contribution in [0.2, 0.25) is 0 Å². The van der Waals surface area contributed by atoms with Gasteiger partial charge in [-0.2, -0.15) is 0 Å². The second-order valence-electron chi connectivity index (χ2n) is 6.36. The van der Waals surface area contributed by atoms with Gasteiger partial charge in [0.25, 0.3) is 0 Å². The Morgan fingerprint density at radius 1 is 0.862 bits per heavy atom. The SMILES string of the molecule is COc1cc(NC(=O)CCN(C)CC(=O)Nc2ccccc2)cc(OC)c1OC. The molecule has 0 spiro atoms. The lowest BCUT2D eigenvalue weighted by Crippen LogP contribution is -2.32. The Balaban J connectivity index is 1.85. The van der Waals surface area contributed by atoms with Crippen molar-refractivity contribution in [1.82, 2.24) is 4.90 Å². The normalized spacial score (nSPS) is 10.4. The highest BCUT2D eigenvalue weighted by Crippen LogP contribution is 2.39. The van der Waals surface area contributed by atoms with Crippen molar-refractivity contribution < 1.29 is 23.8 Å². The summed E-state index contributed by atoms with van der Waals surface area (Å²) in [6.07, 6.45) is 0.228. The number of methoxy groups -OCH3 is 3. The van der Waals surface area contributed by atoms with E-state index in [2.05, 4.69) is 10.6 Å². The number of rotatable bonds is 10. The van der Waals surface area contributed by atoms with Crippen molar-refractivity contribution in [3.63, 3.8) is 0 Å². The van der Waals surface area contributed by atoms with Gasteiger partial charge in [0.2, 0.25) is 17.6 Å². The highest BCUT2D eigenvalue weighted by molar-refractivity contribution is 5.93. The Kier molecular flexibility index (Phi) is 8.29. The van der Waals surface area contributed by atoms with Crippen LogP contribution in [0, 0.1) is 0 Å². The van der Waals surface area contributed by atoms with Crippen molar-refractivity contribution in [2.24, 2.45) is 0 Å². The van der Waals surface area contributed by atoms with Crippen molar-refractivity contribution >= 4 is 23.2 Å². The maximum Gasteiger partial charge on any atom is 0.238 e. The number of ether oxygens (including phenoxy) is 3. The quantitative estimate of drug-likeness (QED) is 0.636. The van der Waals surface area contributed by atoms with Crippen LogP contribution < -0.4 is 24.8 Å². The predicted molar refractivity (Wildman–Crippen MR) is 112 cm³/mol. The zero-order valence-corrected chi connectivity index (χ0v) is 17.2. The van der Waals surface area contributed by atoms with Crippen molar-refractivity contribution in [3.05, 3.63) is 42.5 Å². The van der Waals surface area contributed by atoms with Crippen molar-refractivity contribution in [1.29, 1.82) is 0 Å². The average Bonchev–Trinajstić information content (AvgIpc) is 2.72. The molecule has 0 fully saturated rings. The summed E-state index contributed by atoms with van der Waals surface area (Å²) in [7, 11) is 6.33. The number of benzene rings is 2. The third kappa shape index (κ3) is 6.69. The minimum Gasteiger partial charge on any atom is -0.493 e. The lowest BCUT2D eigenvalue weighted by Gasteiger charge is -2.17. The van der Waals surface area contributed by atoms with Gasteiger partial charge in [-0.1, -0.05) is 18.2 Å². The van der Waals surface area contributed by atoms with Gasteiger partial charge in [0, 0.05) is 36.5 Å². The number of amides is 2. The van der Waals surface area contributed by atoms with Crippen LogP contribution in [0.4, 0.5) is 11.4 Å². The van der Waals surface area contributed by atoms with Gasteiger partial charge in [0.15, 0.2) is 11.5 Å². The summed E-state index contributed by atoms with van der Waals surface area (Å²) in [5.74, 6) is 1.05. The Labute approximate surface area is 170 Å². The van der Waals surface area contributed by atoms with Gasteiger partial charge in [-0.05, 0) is 19.2 Å². The molecule has 0 heterocycles. The van der Waals surface area contributed by atoms with Crippen molar-refractivity contribution in [3.8, 4) is 17.2 Å². The summed E-state index contributed by atoms with van der Waals surface area (Å²) in [4.78, 5) is 26.1. The summed E-state index contributed by atoms with van der Waals surface area (Å²) < 4.78 is 15.8. The number of para-hydroxylation sites is 1. The van der Waals surface area contributed by atoms with Crippen LogP contribution in [0.5, 0.6) is 17.2 Å². The summed E-state index contributed by atoms with van der Waals surface area (Å²) >= 11 is 0. The van der Waals surface area contributed by atoms with Crippen LogP contribution >= 0.6 is 0 Å². The maximum atomic E-state index is 12.3. The molecule has 0 aliphatic carbocycles. The first kappa shape index (κ1) is 22.0. The van der Waals surface area contributed by atoms with Crippen LogP contribution in [-0.4, -0.2) is 58.2 Å². The molecule has 29 heavy (non-hydrogen) atoms.